The average Bonchev–Trinajstić information content (AvgIpc) is 2.58. The zero-order valence-electron chi connectivity index (χ0n) is 11.9. The molecular weight excluding hydrogens is 208 g/mol. The molecule has 2 nitrogen and oxygen atoms in total. The topological polar surface area (TPSA) is 29.3 Å². The normalized spacial score (nSPS) is 37.1. The zero-order chi connectivity index (χ0) is 12.4. The molecule has 2 fully saturated rings. The predicted molar refractivity (Wildman–Crippen MR) is 74.0 cm³/mol. The first-order chi connectivity index (χ1) is 8.15. The summed E-state index contributed by atoms with van der Waals surface area (Å²) in [7, 11) is 0. The number of rotatable bonds is 5. The monoisotopic (exact) mass is 238 g/mol. The second-order valence-corrected chi connectivity index (χ2v) is 6.37. The van der Waals surface area contributed by atoms with E-state index in [1.165, 1.54) is 44.9 Å². The molecular formula is C15H30N2. The fourth-order valence-corrected chi connectivity index (χ4v) is 3.98. The smallest absolute Gasteiger partial charge is 0.0116 e. The number of hydrogen-bond donors (Lipinski definition) is 1. The van der Waals surface area contributed by atoms with Crippen molar-refractivity contribution in [3.63, 3.8) is 0 Å². The lowest BCUT2D eigenvalue weighted by Crippen LogP contribution is -2.52. The van der Waals surface area contributed by atoms with Gasteiger partial charge in [-0.1, -0.05) is 27.2 Å². The molecule has 2 rings (SSSR count). The summed E-state index contributed by atoms with van der Waals surface area (Å²) in [5.74, 6) is 0.870. The van der Waals surface area contributed by atoms with Gasteiger partial charge in [-0.2, -0.15) is 0 Å². The van der Waals surface area contributed by atoms with Gasteiger partial charge in [0.2, 0.25) is 0 Å². The first kappa shape index (κ1) is 13.4. The van der Waals surface area contributed by atoms with Crippen molar-refractivity contribution in [2.24, 2.45) is 11.7 Å². The van der Waals surface area contributed by atoms with Crippen LogP contribution in [-0.2, 0) is 0 Å². The van der Waals surface area contributed by atoms with Crippen molar-refractivity contribution in [1.29, 1.82) is 0 Å². The van der Waals surface area contributed by atoms with Crippen LogP contribution in [0.3, 0.4) is 0 Å². The fourth-order valence-electron chi connectivity index (χ4n) is 3.98. The highest BCUT2D eigenvalue weighted by Gasteiger charge is 2.42. The summed E-state index contributed by atoms with van der Waals surface area (Å²) in [6.45, 7) is 7.08. The molecule has 0 aliphatic carbocycles. The van der Waals surface area contributed by atoms with E-state index >= 15 is 0 Å². The SMILES string of the molecule is CCC(C)CC(CC)N1C2CCC1CC(N)C2. The minimum Gasteiger partial charge on any atom is -0.328 e. The molecule has 4 unspecified atom stereocenters. The van der Waals surface area contributed by atoms with Crippen LogP contribution < -0.4 is 5.73 Å². The Morgan fingerprint density at radius 3 is 2.18 bits per heavy atom. The van der Waals surface area contributed by atoms with Crippen molar-refractivity contribution in [1.82, 2.24) is 4.90 Å². The highest BCUT2D eigenvalue weighted by molar-refractivity contribution is 4.99. The highest BCUT2D eigenvalue weighted by Crippen LogP contribution is 2.38. The maximum absolute atomic E-state index is 6.16. The van der Waals surface area contributed by atoms with Gasteiger partial charge in [0.15, 0.2) is 0 Å². The predicted octanol–water partition coefficient (Wildman–Crippen LogP) is 3.16. The van der Waals surface area contributed by atoms with Crippen LogP contribution in [0.25, 0.3) is 0 Å². The number of piperidine rings is 1. The molecule has 0 saturated carbocycles. The van der Waals surface area contributed by atoms with Gasteiger partial charge >= 0.3 is 0 Å². The summed E-state index contributed by atoms with van der Waals surface area (Å²) >= 11 is 0. The molecule has 17 heavy (non-hydrogen) atoms. The zero-order valence-corrected chi connectivity index (χ0v) is 11.9. The van der Waals surface area contributed by atoms with Gasteiger partial charge in [-0.3, -0.25) is 4.90 Å². The van der Waals surface area contributed by atoms with Gasteiger partial charge in [0.05, 0.1) is 0 Å². The molecule has 2 heterocycles. The Balaban J connectivity index is 2.00. The lowest BCUT2D eigenvalue weighted by atomic mass is 9.91. The Bertz CT molecular complexity index is 227. The Morgan fingerprint density at radius 1 is 1.12 bits per heavy atom. The third kappa shape index (κ3) is 2.85. The second kappa shape index (κ2) is 5.71. The van der Waals surface area contributed by atoms with Gasteiger partial charge in [0.1, 0.15) is 0 Å². The molecule has 0 aromatic heterocycles. The number of nitrogens with two attached hydrogens (primary N) is 1. The van der Waals surface area contributed by atoms with Crippen molar-refractivity contribution in [3.8, 4) is 0 Å². The average molecular weight is 238 g/mol. The van der Waals surface area contributed by atoms with E-state index < -0.39 is 0 Å². The van der Waals surface area contributed by atoms with E-state index in [-0.39, 0.29) is 0 Å². The Labute approximate surface area is 107 Å². The van der Waals surface area contributed by atoms with E-state index in [0.717, 1.165) is 24.0 Å². The van der Waals surface area contributed by atoms with Gasteiger partial charge in [0.25, 0.3) is 0 Å². The van der Waals surface area contributed by atoms with Crippen molar-refractivity contribution in [3.05, 3.63) is 0 Å². The number of hydrogen-bond acceptors (Lipinski definition) is 2. The van der Waals surface area contributed by atoms with Crippen molar-refractivity contribution >= 4 is 0 Å². The van der Waals surface area contributed by atoms with Crippen LogP contribution in [0.15, 0.2) is 0 Å². The van der Waals surface area contributed by atoms with Crippen molar-refractivity contribution in [2.75, 3.05) is 0 Å². The minimum absolute atomic E-state index is 0.477. The molecule has 2 saturated heterocycles. The Kier molecular flexibility index (Phi) is 4.48. The lowest BCUT2D eigenvalue weighted by molar-refractivity contribution is 0.0627. The van der Waals surface area contributed by atoms with E-state index in [4.69, 9.17) is 5.73 Å². The van der Waals surface area contributed by atoms with E-state index in [1.807, 2.05) is 0 Å². The standard InChI is InChI=1S/C15H30N2/c1-4-11(3)8-13(5-2)17-14-6-7-15(17)10-12(16)9-14/h11-15H,4-10,16H2,1-3H3. The lowest BCUT2D eigenvalue weighted by Gasteiger charge is -2.43. The molecule has 2 aliphatic heterocycles. The van der Waals surface area contributed by atoms with Crippen LogP contribution in [0.4, 0.5) is 0 Å². The van der Waals surface area contributed by atoms with Crippen molar-refractivity contribution in [2.45, 2.75) is 89.9 Å². The molecule has 0 aromatic rings. The molecule has 0 amide bonds. The molecule has 4 atom stereocenters. The molecule has 0 spiro atoms. The van der Waals surface area contributed by atoms with Crippen LogP contribution in [-0.4, -0.2) is 29.1 Å². The van der Waals surface area contributed by atoms with Crippen LogP contribution in [0.1, 0.15) is 65.7 Å². The molecule has 100 valence electrons. The molecule has 2 heteroatoms. The quantitative estimate of drug-likeness (QED) is 0.797. The van der Waals surface area contributed by atoms with Gasteiger partial charge in [-0.05, 0) is 44.4 Å². The summed E-state index contributed by atoms with van der Waals surface area (Å²) in [5, 5.41) is 0. The minimum atomic E-state index is 0.477. The third-order valence-electron chi connectivity index (χ3n) is 5.09. The van der Waals surface area contributed by atoms with Crippen LogP contribution in [0.5, 0.6) is 0 Å². The fraction of sp³-hybridized carbons (Fsp3) is 1.00. The first-order valence-corrected chi connectivity index (χ1v) is 7.68. The molecule has 2 aliphatic rings. The van der Waals surface area contributed by atoms with Crippen LogP contribution >= 0.6 is 0 Å². The van der Waals surface area contributed by atoms with E-state index in [1.54, 1.807) is 0 Å². The summed E-state index contributed by atoms with van der Waals surface area (Å²) < 4.78 is 0. The molecule has 0 radical (unpaired) electrons. The highest BCUT2D eigenvalue weighted by atomic mass is 15.2. The summed E-state index contributed by atoms with van der Waals surface area (Å²) in [4.78, 5) is 2.86. The van der Waals surface area contributed by atoms with Crippen molar-refractivity contribution < 1.29 is 0 Å². The van der Waals surface area contributed by atoms with E-state index in [2.05, 4.69) is 25.7 Å². The third-order valence-corrected chi connectivity index (χ3v) is 5.09. The van der Waals surface area contributed by atoms with Crippen LogP contribution in [0, 0.1) is 5.92 Å². The number of nitrogens with zero attached hydrogens (tertiary/aromatic N) is 1. The summed E-state index contributed by atoms with van der Waals surface area (Å²) in [6.07, 6.45) is 9.30. The van der Waals surface area contributed by atoms with E-state index in [9.17, 15) is 0 Å². The maximum atomic E-state index is 6.16. The van der Waals surface area contributed by atoms with E-state index in [0.29, 0.717) is 6.04 Å². The summed E-state index contributed by atoms with van der Waals surface area (Å²) in [5.41, 5.74) is 6.16. The Hall–Kier alpha value is -0.0800. The largest absolute Gasteiger partial charge is 0.328 e. The number of fused-ring (bicyclic) bond motifs is 2. The second-order valence-electron chi connectivity index (χ2n) is 6.37. The van der Waals surface area contributed by atoms with Gasteiger partial charge in [-0.15, -0.1) is 0 Å². The maximum Gasteiger partial charge on any atom is 0.0116 e. The first-order valence-electron chi connectivity index (χ1n) is 7.68. The Morgan fingerprint density at radius 2 is 1.71 bits per heavy atom. The molecule has 0 aromatic carbocycles. The molecule has 2 N–H and O–H groups in total. The summed E-state index contributed by atoms with van der Waals surface area (Å²) in [6, 6.07) is 2.90. The van der Waals surface area contributed by atoms with Gasteiger partial charge in [0, 0.05) is 24.2 Å². The van der Waals surface area contributed by atoms with Gasteiger partial charge < -0.3 is 5.73 Å². The van der Waals surface area contributed by atoms with Gasteiger partial charge in [-0.25, -0.2) is 0 Å². The van der Waals surface area contributed by atoms with Crippen LogP contribution in [0.2, 0.25) is 0 Å². The molecule has 2 bridgehead atoms.